The van der Waals surface area contributed by atoms with Gasteiger partial charge < -0.3 is 14.2 Å². The number of fused-ring (bicyclic) bond motifs is 1. The zero-order valence-corrected chi connectivity index (χ0v) is 18.5. The number of rotatable bonds is 5. The van der Waals surface area contributed by atoms with Crippen molar-refractivity contribution in [3.63, 3.8) is 0 Å². The molecule has 1 amide bonds. The van der Waals surface area contributed by atoms with Gasteiger partial charge in [-0.25, -0.2) is 9.78 Å². The Balaban J connectivity index is 1.46. The minimum absolute atomic E-state index is 0.101. The van der Waals surface area contributed by atoms with Crippen LogP contribution in [-0.4, -0.2) is 71.1 Å². The number of hydrogen-bond acceptors (Lipinski definition) is 5. The lowest BCUT2D eigenvalue weighted by Crippen LogP contribution is -2.43. The summed E-state index contributed by atoms with van der Waals surface area (Å²) in [6.45, 7) is 2.82. The summed E-state index contributed by atoms with van der Waals surface area (Å²) in [4.78, 5) is 33.6. The normalized spacial score (nSPS) is 17.6. The average Bonchev–Trinajstić information content (AvgIpc) is 2.96. The van der Waals surface area contributed by atoms with Gasteiger partial charge in [-0.1, -0.05) is 36.8 Å². The van der Waals surface area contributed by atoms with Crippen LogP contribution >= 0.6 is 0 Å². The van der Waals surface area contributed by atoms with Crippen molar-refractivity contribution in [2.75, 3.05) is 33.7 Å². The van der Waals surface area contributed by atoms with Crippen molar-refractivity contribution in [1.82, 2.24) is 19.4 Å². The first kappa shape index (κ1) is 21.6. The highest BCUT2D eigenvalue weighted by atomic mass is 16.5. The molecule has 31 heavy (non-hydrogen) atoms. The van der Waals surface area contributed by atoms with Crippen molar-refractivity contribution in [2.24, 2.45) is 0 Å². The lowest BCUT2D eigenvalue weighted by molar-refractivity contribution is -0.130. The van der Waals surface area contributed by atoms with Crippen LogP contribution in [0.5, 0.6) is 0 Å². The largest absolute Gasteiger partial charge is 0.458 e. The van der Waals surface area contributed by atoms with Crippen molar-refractivity contribution < 1.29 is 14.3 Å². The molecule has 0 aliphatic carbocycles. The first-order valence-corrected chi connectivity index (χ1v) is 11.3. The first-order valence-electron chi connectivity index (χ1n) is 11.3. The maximum Gasteiger partial charge on any atom is 0.359 e. The fraction of sp³-hybridized carbons (Fsp3) is 0.542. The third-order valence-corrected chi connectivity index (χ3v) is 6.26. The van der Waals surface area contributed by atoms with Crippen molar-refractivity contribution in [3.05, 3.63) is 41.7 Å². The third-order valence-electron chi connectivity index (χ3n) is 6.26. The Labute approximate surface area is 184 Å². The van der Waals surface area contributed by atoms with E-state index in [-0.39, 0.29) is 18.0 Å². The van der Waals surface area contributed by atoms with E-state index in [2.05, 4.69) is 9.47 Å². The number of benzene rings is 1. The highest BCUT2D eigenvalue weighted by Gasteiger charge is 2.29. The number of likely N-dealkylation sites (N-methyl/N-ethyl adjacent to an activating group) is 1. The molecule has 7 heteroatoms. The number of likely N-dealkylation sites (tertiary alicyclic amines) is 1. The predicted molar refractivity (Wildman–Crippen MR) is 119 cm³/mol. The minimum atomic E-state index is -0.310. The number of carbonyl (C=O) groups is 2. The van der Waals surface area contributed by atoms with Gasteiger partial charge in [-0.05, 0) is 32.1 Å². The highest BCUT2D eigenvalue weighted by molar-refractivity contribution is 5.90. The molecule has 0 spiro atoms. The molecule has 166 valence electrons. The first-order chi connectivity index (χ1) is 15.0. The summed E-state index contributed by atoms with van der Waals surface area (Å²) < 4.78 is 8.11. The van der Waals surface area contributed by atoms with Gasteiger partial charge in [-0.15, -0.1) is 0 Å². The average molecular weight is 425 g/mol. The number of nitrogens with zero attached hydrogens (tertiary/aromatic N) is 4. The minimum Gasteiger partial charge on any atom is -0.458 e. The van der Waals surface area contributed by atoms with Gasteiger partial charge in [-0.2, -0.15) is 0 Å². The van der Waals surface area contributed by atoms with Crippen LogP contribution in [0.1, 0.15) is 48.3 Å². The zero-order chi connectivity index (χ0) is 21.8. The van der Waals surface area contributed by atoms with E-state index < -0.39 is 0 Å². The van der Waals surface area contributed by atoms with E-state index in [0.29, 0.717) is 12.2 Å². The molecule has 1 saturated heterocycles. The van der Waals surface area contributed by atoms with Crippen LogP contribution in [0.4, 0.5) is 0 Å². The monoisotopic (exact) mass is 424 g/mol. The Morgan fingerprint density at radius 3 is 2.52 bits per heavy atom. The molecular formula is C24H32N4O3. The molecular weight excluding hydrogens is 392 g/mol. The van der Waals surface area contributed by atoms with Crippen LogP contribution in [0.2, 0.25) is 0 Å². The summed E-state index contributed by atoms with van der Waals surface area (Å²) in [5.41, 5.74) is 2.52. The van der Waals surface area contributed by atoms with Crippen LogP contribution in [0.25, 0.3) is 11.4 Å². The number of imidazole rings is 1. The molecule has 0 unspecified atom stereocenters. The molecule has 0 radical (unpaired) electrons. The molecule has 4 rings (SSSR count). The van der Waals surface area contributed by atoms with Crippen molar-refractivity contribution in [1.29, 1.82) is 0 Å². The number of aromatic nitrogens is 2. The Morgan fingerprint density at radius 1 is 1.06 bits per heavy atom. The second-order valence-corrected chi connectivity index (χ2v) is 8.73. The van der Waals surface area contributed by atoms with E-state index in [1.54, 1.807) is 19.0 Å². The maximum absolute atomic E-state index is 13.1. The molecule has 0 N–H and O–H groups in total. The number of ether oxygens (including phenoxy) is 1. The number of hydrogen-bond donors (Lipinski definition) is 0. The number of carbonyl (C=O) groups excluding carboxylic acids is 2. The Bertz CT molecular complexity index is 914. The predicted octanol–water partition coefficient (Wildman–Crippen LogP) is 2.99. The fourth-order valence-electron chi connectivity index (χ4n) is 4.42. The van der Waals surface area contributed by atoms with E-state index in [0.717, 1.165) is 75.2 Å². The molecule has 2 aliphatic heterocycles. The summed E-state index contributed by atoms with van der Waals surface area (Å²) >= 11 is 0. The van der Waals surface area contributed by atoms with Gasteiger partial charge in [-0.3, -0.25) is 9.69 Å². The molecule has 0 bridgehead atoms. The zero-order valence-electron chi connectivity index (χ0n) is 18.5. The van der Waals surface area contributed by atoms with E-state index in [4.69, 9.17) is 9.72 Å². The van der Waals surface area contributed by atoms with E-state index >= 15 is 0 Å². The van der Waals surface area contributed by atoms with Crippen LogP contribution < -0.4 is 0 Å². The smallest absolute Gasteiger partial charge is 0.359 e. The molecule has 3 heterocycles. The lowest BCUT2D eigenvalue weighted by Gasteiger charge is -2.31. The molecule has 2 aliphatic rings. The molecule has 1 aromatic heterocycles. The van der Waals surface area contributed by atoms with Gasteiger partial charge >= 0.3 is 5.97 Å². The van der Waals surface area contributed by atoms with Gasteiger partial charge in [0.1, 0.15) is 11.9 Å². The summed E-state index contributed by atoms with van der Waals surface area (Å²) in [6.07, 6.45) is 5.55. The second-order valence-electron chi connectivity index (χ2n) is 8.73. The number of esters is 1. The standard InChI is InChI=1S/C24H32N4O3/c1-26(2)21(29)17-27-15-12-19(13-16-27)31-24(30)22-20-11-7-4-8-14-28(20)23(25-22)18-9-5-3-6-10-18/h3,5-6,9-10,19H,4,7-8,11-17H2,1-2H3. The lowest BCUT2D eigenvalue weighted by atomic mass is 10.1. The summed E-state index contributed by atoms with van der Waals surface area (Å²) in [5.74, 6) is 0.654. The number of amides is 1. The Morgan fingerprint density at radius 2 is 1.81 bits per heavy atom. The van der Waals surface area contributed by atoms with E-state index in [1.807, 2.05) is 30.3 Å². The third kappa shape index (κ3) is 4.98. The molecule has 0 saturated carbocycles. The van der Waals surface area contributed by atoms with Crippen molar-refractivity contribution in [3.8, 4) is 11.4 Å². The van der Waals surface area contributed by atoms with Crippen molar-refractivity contribution >= 4 is 11.9 Å². The molecule has 2 aromatic rings. The van der Waals surface area contributed by atoms with Crippen LogP contribution in [-0.2, 0) is 22.5 Å². The summed E-state index contributed by atoms with van der Waals surface area (Å²) in [5, 5.41) is 0. The SMILES string of the molecule is CN(C)C(=O)CN1CCC(OC(=O)c2nc(-c3ccccc3)n3c2CCCCC3)CC1. The van der Waals surface area contributed by atoms with Gasteiger partial charge in [0.2, 0.25) is 5.91 Å². The van der Waals surface area contributed by atoms with Crippen LogP contribution in [0.15, 0.2) is 30.3 Å². The van der Waals surface area contributed by atoms with Gasteiger partial charge in [0.05, 0.1) is 12.2 Å². The number of piperidine rings is 1. The summed E-state index contributed by atoms with van der Waals surface area (Å²) in [6, 6.07) is 10.1. The topological polar surface area (TPSA) is 67.7 Å². The fourth-order valence-corrected chi connectivity index (χ4v) is 4.42. The van der Waals surface area contributed by atoms with Gasteiger partial charge in [0.15, 0.2) is 5.69 Å². The van der Waals surface area contributed by atoms with Crippen LogP contribution in [0, 0.1) is 0 Å². The van der Waals surface area contributed by atoms with E-state index in [9.17, 15) is 9.59 Å². The summed E-state index contributed by atoms with van der Waals surface area (Å²) in [7, 11) is 3.54. The maximum atomic E-state index is 13.1. The molecule has 1 aromatic carbocycles. The van der Waals surface area contributed by atoms with Gasteiger partial charge in [0.25, 0.3) is 0 Å². The Hall–Kier alpha value is -2.67. The van der Waals surface area contributed by atoms with Gasteiger partial charge in [0, 0.05) is 39.3 Å². The van der Waals surface area contributed by atoms with Crippen molar-refractivity contribution in [2.45, 2.75) is 51.2 Å². The molecule has 0 atom stereocenters. The van der Waals surface area contributed by atoms with Crippen LogP contribution in [0.3, 0.4) is 0 Å². The molecule has 7 nitrogen and oxygen atoms in total. The second kappa shape index (κ2) is 9.64. The quantitative estimate of drug-likeness (QED) is 0.691. The Kier molecular flexibility index (Phi) is 6.70. The highest BCUT2D eigenvalue weighted by Crippen LogP contribution is 2.28. The van der Waals surface area contributed by atoms with E-state index in [1.165, 1.54) is 0 Å². The molecule has 1 fully saturated rings.